The van der Waals surface area contributed by atoms with Gasteiger partial charge in [0.25, 0.3) is 0 Å². The van der Waals surface area contributed by atoms with Crippen molar-refractivity contribution in [3.8, 4) is 0 Å². The molecule has 0 aromatic rings. The van der Waals surface area contributed by atoms with Gasteiger partial charge in [0.2, 0.25) is 0 Å². The fourth-order valence-electron chi connectivity index (χ4n) is 3.40. The van der Waals surface area contributed by atoms with Crippen LogP contribution in [-0.2, 0) is 0 Å². The summed E-state index contributed by atoms with van der Waals surface area (Å²) in [5, 5.41) is 0. The smallest absolute Gasteiger partial charge is 0.0330 e. The van der Waals surface area contributed by atoms with E-state index >= 15 is 0 Å². The zero-order chi connectivity index (χ0) is 13.9. The van der Waals surface area contributed by atoms with Gasteiger partial charge in [0.15, 0.2) is 0 Å². The highest BCUT2D eigenvalue weighted by atomic mass is 15.2. The largest absolute Gasteiger partial charge is 0.328 e. The maximum atomic E-state index is 5.95. The highest BCUT2D eigenvalue weighted by Gasteiger charge is 2.39. The Morgan fingerprint density at radius 3 is 2.26 bits per heavy atom. The summed E-state index contributed by atoms with van der Waals surface area (Å²) in [4.78, 5) is 7.53. The summed E-state index contributed by atoms with van der Waals surface area (Å²) in [7, 11) is 6.75. The van der Waals surface area contributed by atoms with Gasteiger partial charge in [-0.05, 0) is 66.3 Å². The number of piperidine rings is 1. The van der Waals surface area contributed by atoms with E-state index in [4.69, 9.17) is 5.73 Å². The maximum Gasteiger partial charge on any atom is 0.0330 e. The molecule has 4 nitrogen and oxygen atoms in total. The van der Waals surface area contributed by atoms with Gasteiger partial charge in [0, 0.05) is 31.2 Å². The Labute approximate surface area is 118 Å². The van der Waals surface area contributed by atoms with Crippen LogP contribution in [-0.4, -0.2) is 80.1 Å². The lowest BCUT2D eigenvalue weighted by atomic mass is 9.75. The first-order valence-electron chi connectivity index (χ1n) is 7.86. The van der Waals surface area contributed by atoms with Crippen LogP contribution in [0.2, 0.25) is 0 Å². The first-order valence-corrected chi connectivity index (χ1v) is 7.86. The molecular formula is C15H32N4. The average molecular weight is 268 g/mol. The van der Waals surface area contributed by atoms with Crippen molar-refractivity contribution in [2.24, 2.45) is 5.73 Å². The quantitative estimate of drug-likeness (QED) is 0.774. The van der Waals surface area contributed by atoms with E-state index in [1.807, 2.05) is 0 Å². The van der Waals surface area contributed by atoms with E-state index in [1.165, 1.54) is 64.8 Å². The molecule has 0 aromatic heterocycles. The molecule has 4 heteroatoms. The molecule has 1 saturated carbocycles. The number of nitrogens with zero attached hydrogens (tertiary/aromatic N) is 3. The fraction of sp³-hybridized carbons (Fsp3) is 1.00. The first kappa shape index (κ1) is 15.2. The first-order chi connectivity index (χ1) is 9.02. The van der Waals surface area contributed by atoms with Crippen LogP contribution >= 0.6 is 0 Å². The van der Waals surface area contributed by atoms with Gasteiger partial charge in [-0.1, -0.05) is 0 Å². The lowest BCUT2D eigenvalue weighted by Gasteiger charge is -2.49. The molecule has 0 unspecified atom stereocenters. The molecule has 2 rings (SSSR count). The number of nitrogens with two attached hydrogens (primary N) is 1. The second-order valence-electron chi connectivity index (χ2n) is 6.89. The number of rotatable bonds is 6. The van der Waals surface area contributed by atoms with Crippen molar-refractivity contribution in [2.75, 3.05) is 53.9 Å². The second kappa shape index (κ2) is 6.53. The molecule has 112 valence electrons. The Bertz CT molecular complexity index is 267. The molecule has 2 fully saturated rings. The van der Waals surface area contributed by atoms with Crippen molar-refractivity contribution >= 4 is 0 Å². The van der Waals surface area contributed by atoms with Gasteiger partial charge in [-0.2, -0.15) is 0 Å². The molecule has 0 amide bonds. The second-order valence-corrected chi connectivity index (χ2v) is 6.89. The van der Waals surface area contributed by atoms with Gasteiger partial charge in [-0.25, -0.2) is 0 Å². The molecule has 0 spiro atoms. The summed E-state index contributed by atoms with van der Waals surface area (Å²) < 4.78 is 0. The minimum atomic E-state index is 0.445. The van der Waals surface area contributed by atoms with Crippen molar-refractivity contribution in [2.45, 2.75) is 43.7 Å². The topological polar surface area (TPSA) is 35.7 Å². The summed E-state index contributed by atoms with van der Waals surface area (Å²) in [5.41, 5.74) is 6.41. The van der Waals surface area contributed by atoms with Gasteiger partial charge in [-0.3, -0.25) is 0 Å². The van der Waals surface area contributed by atoms with Crippen LogP contribution in [0.15, 0.2) is 0 Å². The van der Waals surface area contributed by atoms with Gasteiger partial charge in [0.1, 0.15) is 0 Å². The van der Waals surface area contributed by atoms with Crippen LogP contribution in [0.1, 0.15) is 32.1 Å². The molecule has 0 bridgehead atoms. The van der Waals surface area contributed by atoms with E-state index in [1.54, 1.807) is 0 Å². The van der Waals surface area contributed by atoms with Crippen molar-refractivity contribution in [1.82, 2.24) is 14.7 Å². The van der Waals surface area contributed by atoms with Crippen molar-refractivity contribution in [3.63, 3.8) is 0 Å². The minimum Gasteiger partial charge on any atom is -0.328 e. The third kappa shape index (κ3) is 3.91. The van der Waals surface area contributed by atoms with E-state index in [0.717, 1.165) is 0 Å². The normalized spacial score (nSPS) is 24.9. The zero-order valence-corrected chi connectivity index (χ0v) is 13.1. The molecular weight excluding hydrogens is 236 g/mol. The number of hydrogen-bond donors (Lipinski definition) is 1. The van der Waals surface area contributed by atoms with Gasteiger partial charge in [-0.15, -0.1) is 0 Å². The lowest BCUT2D eigenvalue weighted by molar-refractivity contribution is 0.0250. The van der Waals surface area contributed by atoms with Crippen LogP contribution in [0.4, 0.5) is 0 Å². The van der Waals surface area contributed by atoms with Crippen molar-refractivity contribution in [1.29, 1.82) is 0 Å². The molecule has 0 aromatic carbocycles. The summed E-state index contributed by atoms with van der Waals surface area (Å²) >= 11 is 0. The highest BCUT2D eigenvalue weighted by Crippen LogP contribution is 2.36. The van der Waals surface area contributed by atoms with E-state index in [-0.39, 0.29) is 0 Å². The molecule has 0 radical (unpaired) electrons. The van der Waals surface area contributed by atoms with Gasteiger partial charge < -0.3 is 20.4 Å². The van der Waals surface area contributed by atoms with Crippen LogP contribution < -0.4 is 5.73 Å². The Balaban J connectivity index is 1.68. The number of likely N-dealkylation sites (N-methyl/N-ethyl adjacent to an activating group) is 2. The van der Waals surface area contributed by atoms with Crippen molar-refractivity contribution < 1.29 is 0 Å². The number of hydrogen-bond acceptors (Lipinski definition) is 4. The Kier molecular flexibility index (Phi) is 5.23. The standard InChI is InChI=1S/C15H32N4/c1-17(2)15(7-4-8-15)13-18(3)11-12-19-9-5-14(16)6-10-19/h14H,4-13,16H2,1-3H3. The SMILES string of the molecule is CN(CCN1CCC(N)CC1)CC1(N(C)C)CCC1. The molecule has 1 aliphatic heterocycles. The van der Waals surface area contributed by atoms with Gasteiger partial charge in [0.05, 0.1) is 0 Å². The Hall–Kier alpha value is -0.160. The highest BCUT2D eigenvalue weighted by molar-refractivity contribution is 4.97. The summed E-state index contributed by atoms with van der Waals surface area (Å²) in [6.45, 7) is 5.98. The summed E-state index contributed by atoms with van der Waals surface area (Å²) in [5.74, 6) is 0. The monoisotopic (exact) mass is 268 g/mol. The molecule has 1 heterocycles. The predicted octanol–water partition coefficient (Wildman–Crippen LogP) is 0.826. The van der Waals surface area contributed by atoms with Crippen LogP contribution in [0.3, 0.4) is 0 Å². The zero-order valence-electron chi connectivity index (χ0n) is 13.1. The molecule has 2 aliphatic rings. The van der Waals surface area contributed by atoms with E-state index in [0.29, 0.717) is 11.6 Å². The molecule has 2 N–H and O–H groups in total. The Morgan fingerprint density at radius 2 is 1.79 bits per heavy atom. The molecule has 19 heavy (non-hydrogen) atoms. The third-order valence-electron chi connectivity index (χ3n) is 5.23. The third-order valence-corrected chi connectivity index (χ3v) is 5.23. The average Bonchev–Trinajstić information content (AvgIpc) is 2.32. The molecule has 1 saturated heterocycles. The van der Waals surface area contributed by atoms with E-state index < -0.39 is 0 Å². The lowest BCUT2D eigenvalue weighted by Crippen LogP contribution is -2.57. The van der Waals surface area contributed by atoms with Crippen LogP contribution in [0.5, 0.6) is 0 Å². The van der Waals surface area contributed by atoms with Crippen LogP contribution in [0, 0.1) is 0 Å². The predicted molar refractivity (Wildman–Crippen MR) is 81.4 cm³/mol. The fourth-order valence-corrected chi connectivity index (χ4v) is 3.40. The van der Waals surface area contributed by atoms with Crippen LogP contribution in [0.25, 0.3) is 0 Å². The minimum absolute atomic E-state index is 0.445. The maximum absolute atomic E-state index is 5.95. The van der Waals surface area contributed by atoms with Gasteiger partial charge >= 0.3 is 0 Å². The molecule has 1 aliphatic carbocycles. The van der Waals surface area contributed by atoms with Crippen molar-refractivity contribution in [3.05, 3.63) is 0 Å². The Morgan fingerprint density at radius 1 is 1.16 bits per heavy atom. The molecule has 0 atom stereocenters. The summed E-state index contributed by atoms with van der Waals surface area (Å²) in [6.07, 6.45) is 6.47. The van der Waals surface area contributed by atoms with E-state index in [9.17, 15) is 0 Å². The summed E-state index contributed by atoms with van der Waals surface area (Å²) in [6, 6.07) is 0.445. The van der Waals surface area contributed by atoms with E-state index in [2.05, 4.69) is 35.8 Å². The number of likely N-dealkylation sites (tertiary alicyclic amines) is 1.